The molecule has 0 fully saturated rings. The van der Waals surface area contributed by atoms with Crippen molar-refractivity contribution in [3.05, 3.63) is 70.8 Å². The van der Waals surface area contributed by atoms with Gasteiger partial charge in [-0.1, -0.05) is 48.0 Å². The number of fused-ring (bicyclic) bond motifs is 1. The molecule has 2 aromatic rings. The molecule has 6 nitrogen and oxygen atoms in total. The van der Waals surface area contributed by atoms with Crippen LogP contribution in [0.2, 0.25) is 0 Å². The van der Waals surface area contributed by atoms with E-state index in [9.17, 15) is 14.7 Å². The summed E-state index contributed by atoms with van der Waals surface area (Å²) in [5, 5.41) is 15.1. The molecule has 0 radical (unpaired) electrons. The Hall–Kier alpha value is -2.86. The molecule has 148 valence electrons. The summed E-state index contributed by atoms with van der Waals surface area (Å²) in [4.78, 5) is 26.6. The molecular formula is C22H27N3O3. The van der Waals surface area contributed by atoms with Crippen LogP contribution in [0.5, 0.6) is 0 Å². The summed E-state index contributed by atoms with van der Waals surface area (Å²) in [5.74, 6) is 0.0157. The highest BCUT2D eigenvalue weighted by atomic mass is 16.3. The highest BCUT2D eigenvalue weighted by Crippen LogP contribution is 2.19. The molecular weight excluding hydrogens is 354 g/mol. The first kappa shape index (κ1) is 19.9. The zero-order valence-electron chi connectivity index (χ0n) is 16.1. The highest BCUT2D eigenvalue weighted by molar-refractivity contribution is 5.96. The normalized spacial score (nSPS) is 14.4. The van der Waals surface area contributed by atoms with Gasteiger partial charge in [-0.3, -0.25) is 4.79 Å². The van der Waals surface area contributed by atoms with Crippen molar-refractivity contribution in [1.82, 2.24) is 15.5 Å². The number of aryl methyl sites for hydroxylation is 1. The second-order valence-electron chi connectivity index (χ2n) is 7.08. The number of benzene rings is 2. The minimum absolute atomic E-state index is 0.0133. The predicted octanol–water partition coefficient (Wildman–Crippen LogP) is 2.42. The van der Waals surface area contributed by atoms with Gasteiger partial charge in [0.2, 0.25) is 0 Å². The van der Waals surface area contributed by atoms with Crippen LogP contribution in [0, 0.1) is 6.92 Å². The molecule has 0 spiro atoms. The molecule has 0 bridgehead atoms. The van der Waals surface area contributed by atoms with Crippen molar-refractivity contribution in [3.8, 4) is 0 Å². The Labute approximate surface area is 165 Å². The molecule has 1 atom stereocenters. The van der Waals surface area contributed by atoms with Crippen molar-refractivity contribution in [2.45, 2.75) is 25.8 Å². The van der Waals surface area contributed by atoms with Crippen LogP contribution in [-0.2, 0) is 6.42 Å². The van der Waals surface area contributed by atoms with E-state index in [0.29, 0.717) is 26.1 Å². The minimum Gasteiger partial charge on any atom is -0.396 e. The molecule has 6 heteroatoms. The van der Waals surface area contributed by atoms with Gasteiger partial charge in [-0.2, -0.15) is 0 Å². The first-order valence-corrected chi connectivity index (χ1v) is 9.67. The molecule has 1 aliphatic rings. The summed E-state index contributed by atoms with van der Waals surface area (Å²) in [5.41, 5.74) is 3.90. The average Bonchev–Trinajstić information content (AvgIpc) is 2.69. The lowest BCUT2D eigenvalue weighted by Crippen LogP contribution is -2.45. The Morgan fingerprint density at radius 3 is 2.82 bits per heavy atom. The summed E-state index contributed by atoms with van der Waals surface area (Å²) in [6.07, 6.45) is 1.28. The van der Waals surface area contributed by atoms with Gasteiger partial charge in [0.25, 0.3) is 5.91 Å². The van der Waals surface area contributed by atoms with Crippen LogP contribution in [-0.4, -0.2) is 48.2 Å². The smallest absolute Gasteiger partial charge is 0.315 e. The summed E-state index contributed by atoms with van der Waals surface area (Å²) in [7, 11) is 0. The third kappa shape index (κ3) is 4.89. The van der Waals surface area contributed by atoms with E-state index >= 15 is 0 Å². The van der Waals surface area contributed by atoms with Gasteiger partial charge < -0.3 is 20.6 Å². The lowest BCUT2D eigenvalue weighted by atomic mass is 9.99. The van der Waals surface area contributed by atoms with E-state index in [0.717, 1.165) is 28.7 Å². The second kappa shape index (κ2) is 9.37. The van der Waals surface area contributed by atoms with Crippen LogP contribution in [0.1, 0.15) is 39.5 Å². The summed E-state index contributed by atoms with van der Waals surface area (Å²) < 4.78 is 0. The second-order valence-corrected chi connectivity index (χ2v) is 7.08. The number of rotatable bonds is 7. The van der Waals surface area contributed by atoms with Crippen LogP contribution >= 0.6 is 0 Å². The third-order valence-electron chi connectivity index (χ3n) is 5.02. The summed E-state index contributed by atoms with van der Waals surface area (Å²) >= 11 is 0. The first-order chi connectivity index (χ1) is 13.6. The number of hydrogen-bond donors (Lipinski definition) is 3. The van der Waals surface area contributed by atoms with Gasteiger partial charge in [0.15, 0.2) is 0 Å². The van der Waals surface area contributed by atoms with E-state index in [1.807, 2.05) is 55.5 Å². The van der Waals surface area contributed by atoms with Crippen LogP contribution < -0.4 is 10.6 Å². The van der Waals surface area contributed by atoms with Crippen LogP contribution in [0.4, 0.5) is 4.79 Å². The Kier molecular flexibility index (Phi) is 6.66. The van der Waals surface area contributed by atoms with Crippen LogP contribution in [0.25, 0.3) is 0 Å². The van der Waals surface area contributed by atoms with Gasteiger partial charge in [0, 0.05) is 31.8 Å². The van der Waals surface area contributed by atoms with E-state index in [1.54, 1.807) is 4.90 Å². The number of aliphatic hydroxyl groups excluding tert-OH is 1. The van der Waals surface area contributed by atoms with Crippen molar-refractivity contribution in [2.75, 3.05) is 26.2 Å². The lowest BCUT2D eigenvalue weighted by molar-refractivity contribution is 0.0741. The van der Waals surface area contributed by atoms with Gasteiger partial charge in [0.05, 0.1) is 6.04 Å². The van der Waals surface area contributed by atoms with E-state index in [2.05, 4.69) is 10.6 Å². The maximum absolute atomic E-state index is 12.5. The topological polar surface area (TPSA) is 81.7 Å². The zero-order chi connectivity index (χ0) is 19.9. The maximum Gasteiger partial charge on any atom is 0.315 e. The summed E-state index contributed by atoms with van der Waals surface area (Å²) in [6, 6.07) is 15.0. The molecule has 1 aliphatic heterocycles. The Balaban J connectivity index is 1.50. The lowest BCUT2D eigenvalue weighted by Gasteiger charge is -2.28. The van der Waals surface area contributed by atoms with E-state index in [-0.39, 0.29) is 24.6 Å². The molecule has 1 heterocycles. The number of aliphatic hydroxyl groups is 1. The van der Waals surface area contributed by atoms with Crippen molar-refractivity contribution in [1.29, 1.82) is 0 Å². The SMILES string of the molecule is Cc1cccc(C(CCO)NC(=O)NCCN2CCc3ccccc3C2=O)c1. The van der Waals surface area contributed by atoms with Gasteiger partial charge in [-0.15, -0.1) is 0 Å². The van der Waals surface area contributed by atoms with Gasteiger partial charge >= 0.3 is 6.03 Å². The monoisotopic (exact) mass is 381 g/mol. The van der Waals surface area contributed by atoms with Gasteiger partial charge in [0.1, 0.15) is 0 Å². The quantitative estimate of drug-likeness (QED) is 0.689. The standard InChI is InChI=1S/C22H27N3O3/c1-16-5-4-7-18(15-16)20(10-14-26)24-22(28)23-11-13-25-12-9-17-6-2-3-8-19(17)21(25)27/h2-8,15,20,26H,9-14H2,1H3,(H2,23,24,28). The molecule has 28 heavy (non-hydrogen) atoms. The highest BCUT2D eigenvalue weighted by Gasteiger charge is 2.23. The van der Waals surface area contributed by atoms with E-state index in [1.165, 1.54) is 0 Å². The van der Waals surface area contributed by atoms with E-state index in [4.69, 9.17) is 0 Å². The largest absolute Gasteiger partial charge is 0.396 e. The number of nitrogens with one attached hydrogen (secondary N) is 2. The van der Waals surface area contributed by atoms with E-state index < -0.39 is 0 Å². The number of urea groups is 1. The molecule has 3 N–H and O–H groups in total. The Morgan fingerprint density at radius 1 is 1.21 bits per heavy atom. The third-order valence-corrected chi connectivity index (χ3v) is 5.02. The Morgan fingerprint density at radius 2 is 2.04 bits per heavy atom. The molecule has 3 amide bonds. The average molecular weight is 381 g/mol. The number of amides is 3. The fourth-order valence-corrected chi connectivity index (χ4v) is 3.54. The molecule has 0 saturated carbocycles. The molecule has 0 saturated heterocycles. The molecule has 1 unspecified atom stereocenters. The van der Waals surface area contributed by atoms with Crippen LogP contribution in [0.15, 0.2) is 48.5 Å². The fraction of sp³-hybridized carbons (Fsp3) is 0.364. The zero-order valence-corrected chi connectivity index (χ0v) is 16.1. The first-order valence-electron chi connectivity index (χ1n) is 9.67. The molecule has 0 aromatic heterocycles. The Bertz CT molecular complexity index is 837. The van der Waals surface area contributed by atoms with Crippen molar-refractivity contribution < 1.29 is 14.7 Å². The molecule has 0 aliphatic carbocycles. The number of carbonyl (C=O) groups is 2. The van der Waals surface area contributed by atoms with Crippen molar-refractivity contribution >= 4 is 11.9 Å². The molecule has 2 aromatic carbocycles. The minimum atomic E-state index is -0.301. The predicted molar refractivity (Wildman–Crippen MR) is 108 cm³/mol. The van der Waals surface area contributed by atoms with Gasteiger partial charge in [-0.25, -0.2) is 4.79 Å². The fourth-order valence-electron chi connectivity index (χ4n) is 3.54. The van der Waals surface area contributed by atoms with Gasteiger partial charge in [-0.05, 0) is 37.0 Å². The molecule has 3 rings (SSSR count). The number of nitrogens with zero attached hydrogens (tertiary/aromatic N) is 1. The summed E-state index contributed by atoms with van der Waals surface area (Å²) in [6.45, 7) is 3.48. The number of hydrogen-bond acceptors (Lipinski definition) is 3. The van der Waals surface area contributed by atoms with Crippen LogP contribution in [0.3, 0.4) is 0 Å². The van der Waals surface area contributed by atoms with Crippen molar-refractivity contribution in [3.63, 3.8) is 0 Å². The number of carbonyl (C=O) groups excluding carboxylic acids is 2. The van der Waals surface area contributed by atoms with Crippen molar-refractivity contribution in [2.24, 2.45) is 0 Å². The maximum atomic E-state index is 12.5.